The van der Waals surface area contributed by atoms with Crippen molar-refractivity contribution in [1.29, 1.82) is 0 Å². The third kappa shape index (κ3) is 1.22. The molecule has 0 aromatic carbocycles. The first kappa shape index (κ1) is 6.09. The van der Waals surface area contributed by atoms with Gasteiger partial charge in [-0.15, -0.1) is 0 Å². The van der Waals surface area contributed by atoms with E-state index in [1.165, 1.54) is 6.42 Å². The fourth-order valence-electron chi connectivity index (χ4n) is 0.987. The van der Waals surface area contributed by atoms with E-state index in [1.54, 1.807) is 0 Å². The predicted octanol–water partition coefficient (Wildman–Crippen LogP) is 1.68. The van der Waals surface area contributed by atoms with Crippen LogP contribution in [-0.2, 0) is 4.74 Å². The van der Waals surface area contributed by atoms with Crippen molar-refractivity contribution in [2.45, 2.75) is 20.3 Å². The fraction of sp³-hybridized carbons (Fsp3) is 1.00. The molecule has 0 aliphatic carbocycles. The summed E-state index contributed by atoms with van der Waals surface area (Å²) in [6.45, 7) is 6.50. The van der Waals surface area contributed by atoms with Crippen LogP contribution in [0.3, 0.4) is 0 Å². The Morgan fingerprint density at radius 2 is 2.00 bits per heavy atom. The summed E-state index contributed by atoms with van der Waals surface area (Å²) in [5.74, 6) is 1.66. The van der Waals surface area contributed by atoms with Gasteiger partial charge in [-0.05, 0) is 18.3 Å². The molecule has 1 unspecified atom stereocenters. The van der Waals surface area contributed by atoms with Crippen LogP contribution in [0.25, 0.3) is 0 Å². The molecule has 0 bridgehead atoms. The van der Waals surface area contributed by atoms with Gasteiger partial charge in [-0.25, -0.2) is 0 Å². The fourth-order valence-corrected chi connectivity index (χ4v) is 0.987. The molecule has 0 saturated carbocycles. The summed E-state index contributed by atoms with van der Waals surface area (Å²) in [5.41, 5.74) is 0. The van der Waals surface area contributed by atoms with Crippen molar-refractivity contribution in [3.8, 4) is 0 Å². The molecule has 0 radical (unpaired) electrons. The molecule has 0 N–H and O–H groups in total. The van der Waals surface area contributed by atoms with Gasteiger partial charge in [0.2, 0.25) is 0 Å². The van der Waals surface area contributed by atoms with Gasteiger partial charge in [0.25, 0.3) is 0 Å². The van der Waals surface area contributed by atoms with Crippen LogP contribution in [-0.4, -0.2) is 13.2 Å². The van der Waals surface area contributed by atoms with Crippen molar-refractivity contribution in [1.82, 2.24) is 0 Å². The largest absolute Gasteiger partial charge is 0.381 e. The average molecular weight is 114 g/mol. The minimum atomic E-state index is 0.781. The Bertz CT molecular complexity index is 60.8. The van der Waals surface area contributed by atoms with Crippen LogP contribution in [0.5, 0.6) is 0 Å². The second kappa shape index (κ2) is 2.49. The van der Waals surface area contributed by atoms with E-state index in [1.807, 2.05) is 0 Å². The first-order chi connectivity index (χ1) is 3.80. The summed E-state index contributed by atoms with van der Waals surface area (Å²) in [7, 11) is 0. The zero-order valence-electron chi connectivity index (χ0n) is 5.68. The molecule has 48 valence electrons. The lowest BCUT2D eigenvalue weighted by Crippen LogP contribution is -2.22. The Hall–Kier alpha value is -0.0400. The second-order valence-electron chi connectivity index (χ2n) is 2.82. The second-order valence-corrected chi connectivity index (χ2v) is 2.82. The molecular weight excluding hydrogens is 100 g/mol. The van der Waals surface area contributed by atoms with E-state index in [4.69, 9.17) is 4.74 Å². The van der Waals surface area contributed by atoms with Crippen molar-refractivity contribution in [2.24, 2.45) is 11.8 Å². The topological polar surface area (TPSA) is 9.23 Å². The monoisotopic (exact) mass is 114 g/mol. The normalized spacial score (nSPS) is 39.8. The van der Waals surface area contributed by atoms with Gasteiger partial charge < -0.3 is 4.74 Å². The lowest BCUT2D eigenvalue weighted by molar-refractivity contribution is 0.0303. The zero-order chi connectivity index (χ0) is 5.98. The molecule has 1 saturated heterocycles. The molecule has 1 heteroatoms. The molecule has 1 nitrogen and oxygen atoms in total. The van der Waals surface area contributed by atoms with Gasteiger partial charge in [0, 0.05) is 13.2 Å². The molecule has 1 heterocycles. The van der Waals surface area contributed by atoms with Crippen LogP contribution in [0, 0.1) is 11.8 Å². The van der Waals surface area contributed by atoms with Crippen LogP contribution < -0.4 is 0 Å². The van der Waals surface area contributed by atoms with E-state index in [-0.39, 0.29) is 0 Å². The van der Waals surface area contributed by atoms with Crippen molar-refractivity contribution < 1.29 is 4.74 Å². The van der Waals surface area contributed by atoms with Crippen molar-refractivity contribution in [3.63, 3.8) is 0 Å². The molecular formula is C7H14O. The lowest BCUT2D eigenvalue weighted by Gasteiger charge is -2.24. The van der Waals surface area contributed by atoms with E-state index in [9.17, 15) is 0 Å². The molecule has 0 amide bonds. The summed E-state index contributed by atoms with van der Waals surface area (Å²) in [6, 6.07) is 0. The SMILES string of the molecule is CC1CCOC[C@H]1C. The van der Waals surface area contributed by atoms with Gasteiger partial charge in [-0.3, -0.25) is 0 Å². The Labute approximate surface area is 51.0 Å². The van der Waals surface area contributed by atoms with Crippen molar-refractivity contribution in [2.75, 3.05) is 13.2 Å². The third-order valence-electron chi connectivity index (χ3n) is 2.07. The maximum absolute atomic E-state index is 5.25. The molecule has 1 aliphatic rings. The quantitative estimate of drug-likeness (QED) is 0.465. The summed E-state index contributed by atoms with van der Waals surface area (Å²) in [4.78, 5) is 0. The van der Waals surface area contributed by atoms with E-state index < -0.39 is 0 Å². The Balaban J connectivity index is 2.28. The Morgan fingerprint density at radius 3 is 2.38 bits per heavy atom. The molecule has 0 spiro atoms. The molecule has 0 aromatic rings. The standard InChI is InChI=1S/C7H14O/c1-6-3-4-8-5-7(6)2/h6-7H,3-5H2,1-2H3/t6?,7-/m1/s1. The summed E-state index contributed by atoms with van der Waals surface area (Å²) in [6.07, 6.45) is 1.25. The van der Waals surface area contributed by atoms with Gasteiger partial charge in [0.15, 0.2) is 0 Å². The van der Waals surface area contributed by atoms with Gasteiger partial charge in [0.1, 0.15) is 0 Å². The Kier molecular flexibility index (Phi) is 1.90. The van der Waals surface area contributed by atoms with Crippen LogP contribution in [0.1, 0.15) is 20.3 Å². The van der Waals surface area contributed by atoms with Gasteiger partial charge in [-0.2, -0.15) is 0 Å². The van der Waals surface area contributed by atoms with Crippen molar-refractivity contribution in [3.05, 3.63) is 0 Å². The minimum Gasteiger partial charge on any atom is -0.381 e. The molecule has 1 fully saturated rings. The highest BCUT2D eigenvalue weighted by atomic mass is 16.5. The van der Waals surface area contributed by atoms with Gasteiger partial charge >= 0.3 is 0 Å². The summed E-state index contributed by atoms with van der Waals surface area (Å²) >= 11 is 0. The highest BCUT2D eigenvalue weighted by Gasteiger charge is 2.16. The van der Waals surface area contributed by atoms with E-state index in [2.05, 4.69) is 13.8 Å². The zero-order valence-corrected chi connectivity index (χ0v) is 5.68. The average Bonchev–Trinajstić information content (AvgIpc) is 1.77. The number of ether oxygens (including phenoxy) is 1. The smallest absolute Gasteiger partial charge is 0.0494 e. The van der Waals surface area contributed by atoms with E-state index >= 15 is 0 Å². The molecule has 1 aliphatic heterocycles. The molecule has 8 heavy (non-hydrogen) atoms. The maximum atomic E-state index is 5.25. The minimum absolute atomic E-state index is 0.781. The number of rotatable bonds is 0. The highest BCUT2D eigenvalue weighted by Crippen LogP contribution is 2.19. The predicted molar refractivity (Wildman–Crippen MR) is 33.8 cm³/mol. The van der Waals surface area contributed by atoms with Crippen molar-refractivity contribution >= 4 is 0 Å². The maximum Gasteiger partial charge on any atom is 0.0494 e. The van der Waals surface area contributed by atoms with Crippen LogP contribution in [0.15, 0.2) is 0 Å². The van der Waals surface area contributed by atoms with Gasteiger partial charge in [-0.1, -0.05) is 13.8 Å². The summed E-state index contributed by atoms with van der Waals surface area (Å²) in [5, 5.41) is 0. The van der Waals surface area contributed by atoms with Crippen LogP contribution >= 0.6 is 0 Å². The van der Waals surface area contributed by atoms with Crippen LogP contribution in [0.4, 0.5) is 0 Å². The van der Waals surface area contributed by atoms with Crippen LogP contribution in [0.2, 0.25) is 0 Å². The summed E-state index contributed by atoms with van der Waals surface area (Å²) < 4.78 is 5.25. The molecule has 1 rings (SSSR count). The Morgan fingerprint density at radius 1 is 1.25 bits per heavy atom. The lowest BCUT2D eigenvalue weighted by atomic mass is 9.92. The molecule has 0 aromatic heterocycles. The van der Waals surface area contributed by atoms with E-state index in [0.29, 0.717) is 0 Å². The number of hydrogen-bond donors (Lipinski definition) is 0. The first-order valence-corrected chi connectivity index (χ1v) is 3.38. The number of hydrogen-bond acceptors (Lipinski definition) is 1. The highest BCUT2D eigenvalue weighted by molar-refractivity contribution is 4.64. The molecule has 2 atom stereocenters. The third-order valence-corrected chi connectivity index (χ3v) is 2.07. The van der Waals surface area contributed by atoms with E-state index in [0.717, 1.165) is 25.0 Å². The van der Waals surface area contributed by atoms with Gasteiger partial charge in [0.05, 0.1) is 0 Å². The first-order valence-electron chi connectivity index (χ1n) is 3.38.